The van der Waals surface area contributed by atoms with Crippen LogP contribution in [0, 0.1) is 10.1 Å². The van der Waals surface area contributed by atoms with Crippen molar-refractivity contribution in [2.75, 3.05) is 0 Å². The van der Waals surface area contributed by atoms with E-state index in [1.54, 1.807) is 0 Å². The third-order valence-corrected chi connectivity index (χ3v) is 5.96. The summed E-state index contributed by atoms with van der Waals surface area (Å²) in [7, 11) is 0. The first-order valence-electron chi connectivity index (χ1n) is 8.31. The summed E-state index contributed by atoms with van der Waals surface area (Å²) in [5.41, 5.74) is 1.12. The number of thiophene rings is 1. The topological polar surface area (TPSA) is 43.1 Å². The minimum atomic E-state index is -0.252. The number of nitrogens with zero attached hydrogens (tertiary/aromatic N) is 1. The normalized spacial score (nSPS) is 11.4. The van der Waals surface area contributed by atoms with Crippen LogP contribution in [0.3, 0.4) is 0 Å². The third kappa shape index (κ3) is 2.13. The fourth-order valence-corrected chi connectivity index (χ4v) is 4.84. The third-order valence-electron chi connectivity index (χ3n) is 4.76. The molecule has 0 atom stereocenters. The zero-order chi connectivity index (χ0) is 17.7. The molecule has 1 aromatic heterocycles. The van der Waals surface area contributed by atoms with Gasteiger partial charge in [-0.05, 0) is 39.7 Å². The average molecular weight is 355 g/mol. The van der Waals surface area contributed by atoms with Crippen molar-refractivity contribution in [1.82, 2.24) is 0 Å². The van der Waals surface area contributed by atoms with Gasteiger partial charge in [0.25, 0.3) is 5.69 Å². The van der Waals surface area contributed by atoms with E-state index in [4.69, 9.17) is 0 Å². The molecule has 5 rings (SSSR count). The molecular weight excluding hydrogens is 342 g/mol. The fraction of sp³-hybridized carbons (Fsp3) is 0. The molecule has 0 aliphatic rings. The Labute approximate surface area is 153 Å². The second kappa shape index (κ2) is 5.64. The van der Waals surface area contributed by atoms with Crippen LogP contribution in [0.5, 0.6) is 0 Å². The van der Waals surface area contributed by atoms with E-state index in [9.17, 15) is 10.1 Å². The van der Waals surface area contributed by atoms with Crippen LogP contribution in [0.25, 0.3) is 42.1 Å². The highest BCUT2D eigenvalue weighted by Crippen LogP contribution is 2.47. The Hall–Kier alpha value is -3.24. The molecule has 0 unspecified atom stereocenters. The van der Waals surface area contributed by atoms with E-state index in [-0.39, 0.29) is 10.6 Å². The summed E-state index contributed by atoms with van der Waals surface area (Å²) >= 11 is 1.49. The van der Waals surface area contributed by atoms with Gasteiger partial charge >= 0.3 is 0 Å². The molecule has 0 saturated heterocycles. The summed E-state index contributed by atoms with van der Waals surface area (Å²) in [6, 6.07) is 25.9. The van der Waals surface area contributed by atoms with E-state index in [0.29, 0.717) is 5.39 Å². The molecule has 0 N–H and O–H groups in total. The van der Waals surface area contributed by atoms with Gasteiger partial charge in [0.15, 0.2) is 0 Å². The van der Waals surface area contributed by atoms with Crippen molar-refractivity contribution < 1.29 is 4.92 Å². The van der Waals surface area contributed by atoms with Gasteiger partial charge in [0.2, 0.25) is 0 Å². The molecule has 4 aromatic carbocycles. The van der Waals surface area contributed by atoms with Gasteiger partial charge in [0, 0.05) is 10.3 Å². The Balaban J connectivity index is 1.97. The van der Waals surface area contributed by atoms with Crippen LogP contribution in [0.15, 0.2) is 78.9 Å². The maximum Gasteiger partial charge on any atom is 0.295 e. The first-order valence-corrected chi connectivity index (χ1v) is 9.12. The Morgan fingerprint density at radius 2 is 1.35 bits per heavy atom. The Morgan fingerprint density at radius 1 is 0.731 bits per heavy atom. The molecule has 1 heterocycles. The molecule has 0 aliphatic carbocycles. The number of hydrogen-bond donors (Lipinski definition) is 0. The largest absolute Gasteiger partial charge is 0.295 e. The second-order valence-electron chi connectivity index (χ2n) is 6.22. The molecule has 4 heteroatoms. The van der Waals surface area contributed by atoms with Gasteiger partial charge in [-0.1, -0.05) is 60.7 Å². The van der Waals surface area contributed by atoms with Crippen LogP contribution in [0.1, 0.15) is 0 Å². The molecule has 0 spiro atoms. The van der Waals surface area contributed by atoms with Crippen LogP contribution < -0.4 is 0 Å². The van der Waals surface area contributed by atoms with Gasteiger partial charge < -0.3 is 0 Å². The van der Waals surface area contributed by atoms with Crippen molar-refractivity contribution in [3.8, 4) is 10.4 Å². The van der Waals surface area contributed by atoms with Crippen molar-refractivity contribution >= 4 is 48.7 Å². The van der Waals surface area contributed by atoms with E-state index in [2.05, 4.69) is 24.3 Å². The highest BCUT2D eigenvalue weighted by molar-refractivity contribution is 7.23. The molecule has 0 aliphatic heterocycles. The van der Waals surface area contributed by atoms with E-state index in [1.165, 1.54) is 11.3 Å². The zero-order valence-electron chi connectivity index (χ0n) is 13.7. The first kappa shape index (κ1) is 15.0. The van der Waals surface area contributed by atoms with E-state index >= 15 is 0 Å². The number of hydrogen-bond acceptors (Lipinski definition) is 3. The van der Waals surface area contributed by atoms with Crippen LogP contribution in [0.2, 0.25) is 0 Å². The molecular formula is C22H13NO2S. The highest BCUT2D eigenvalue weighted by atomic mass is 32.1. The average Bonchev–Trinajstić information content (AvgIpc) is 3.07. The van der Waals surface area contributed by atoms with Crippen molar-refractivity contribution in [3.05, 3.63) is 89.0 Å². The second-order valence-corrected chi connectivity index (χ2v) is 7.28. The molecule has 26 heavy (non-hydrogen) atoms. The van der Waals surface area contributed by atoms with Gasteiger partial charge in [-0.2, -0.15) is 0 Å². The van der Waals surface area contributed by atoms with Crippen LogP contribution in [0.4, 0.5) is 5.69 Å². The molecule has 5 aromatic rings. The number of nitro groups is 1. The standard InChI is InChI=1S/C22H13NO2S/c24-23(25)21-18-11-5-6-12-20(18)26-22(21)19-13-14-7-1-2-8-15(14)16-9-3-4-10-17(16)19/h1-13H. The van der Waals surface area contributed by atoms with Gasteiger partial charge in [-0.3, -0.25) is 10.1 Å². The molecule has 3 nitrogen and oxygen atoms in total. The zero-order valence-corrected chi connectivity index (χ0v) is 14.5. The van der Waals surface area contributed by atoms with Gasteiger partial charge in [0.1, 0.15) is 4.88 Å². The molecule has 124 valence electrons. The van der Waals surface area contributed by atoms with Gasteiger partial charge in [-0.25, -0.2) is 0 Å². The quantitative estimate of drug-likeness (QED) is 0.199. The summed E-state index contributed by atoms with van der Waals surface area (Å²) in [6.45, 7) is 0. The minimum absolute atomic E-state index is 0.200. The molecule has 0 fully saturated rings. The van der Waals surface area contributed by atoms with Crippen molar-refractivity contribution in [2.45, 2.75) is 0 Å². The molecule has 0 radical (unpaired) electrons. The Bertz CT molecular complexity index is 1320. The lowest BCUT2D eigenvalue weighted by molar-refractivity contribution is -0.382. The summed E-state index contributed by atoms with van der Waals surface area (Å²) in [5, 5.41) is 17.0. The Kier molecular flexibility index (Phi) is 3.27. The van der Waals surface area contributed by atoms with Gasteiger partial charge in [0.05, 0.1) is 10.3 Å². The maximum absolute atomic E-state index is 11.9. The smallest absolute Gasteiger partial charge is 0.258 e. The lowest BCUT2D eigenvalue weighted by atomic mass is 9.96. The lowest BCUT2D eigenvalue weighted by Gasteiger charge is -2.09. The highest BCUT2D eigenvalue weighted by Gasteiger charge is 2.24. The van der Waals surface area contributed by atoms with Crippen LogP contribution in [-0.2, 0) is 0 Å². The lowest BCUT2D eigenvalue weighted by Crippen LogP contribution is -1.90. The number of benzene rings is 4. The Morgan fingerprint density at radius 3 is 2.12 bits per heavy atom. The number of rotatable bonds is 2. The predicted octanol–water partition coefficient (Wildman–Crippen LogP) is 6.78. The molecule has 0 bridgehead atoms. The number of fused-ring (bicyclic) bond motifs is 4. The predicted molar refractivity (Wildman–Crippen MR) is 109 cm³/mol. The van der Waals surface area contributed by atoms with Crippen molar-refractivity contribution in [2.24, 2.45) is 0 Å². The van der Waals surface area contributed by atoms with E-state index < -0.39 is 0 Å². The van der Waals surface area contributed by atoms with Crippen molar-refractivity contribution in [1.29, 1.82) is 0 Å². The van der Waals surface area contributed by atoms with Crippen molar-refractivity contribution in [3.63, 3.8) is 0 Å². The van der Waals surface area contributed by atoms with E-state index in [0.717, 1.165) is 36.7 Å². The monoisotopic (exact) mass is 355 g/mol. The fourth-order valence-electron chi connectivity index (χ4n) is 3.64. The molecule has 0 amide bonds. The first-order chi connectivity index (χ1) is 12.7. The summed E-state index contributed by atoms with van der Waals surface area (Å²) in [4.78, 5) is 12.4. The van der Waals surface area contributed by atoms with E-state index in [1.807, 2.05) is 54.6 Å². The SMILES string of the molecule is O=[N+]([O-])c1c(-c2cc3ccccc3c3ccccc23)sc2ccccc12. The van der Waals surface area contributed by atoms with Crippen LogP contribution >= 0.6 is 11.3 Å². The summed E-state index contributed by atoms with van der Waals surface area (Å²) < 4.78 is 0.937. The minimum Gasteiger partial charge on any atom is -0.258 e. The molecule has 0 saturated carbocycles. The maximum atomic E-state index is 11.9. The van der Waals surface area contributed by atoms with Crippen LogP contribution in [-0.4, -0.2) is 4.92 Å². The summed E-state index contributed by atoms with van der Waals surface area (Å²) in [6.07, 6.45) is 0. The van der Waals surface area contributed by atoms with Gasteiger partial charge in [-0.15, -0.1) is 11.3 Å². The summed E-state index contributed by atoms with van der Waals surface area (Å²) in [5.74, 6) is 0.